The zero-order chi connectivity index (χ0) is 39.2. The molecule has 3 N–H and O–H groups in total. The molecule has 2 saturated heterocycles. The second-order valence-electron chi connectivity index (χ2n) is 13.4. The first-order chi connectivity index (χ1) is 28.0. The quantitative estimate of drug-likeness (QED) is 0.0523. The average molecular weight is 764 g/mol. The highest BCUT2D eigenvalue weighted by atomic mass is 16.5. The van der Waals surface area contributed by atoms with Crippen molar-refractivity contribution >= 4 is 46.6 Å². The van der Waals surface area contributed by atoms with Gasteiger partial charge in [-0.05, 0) is 78.7 Å². The van der Waals surface area contributed by atoms with Gasteiger partial charge in [0.25, 0.3) is 0 Å². The summed E-state index contributed by atoms with van der Waals surface area (Å²) in [6.45, 7) is 8.52. The summed E-state index contributed by atoms with van der Waals surface area (Å²) in [5, 5.41) is 18.7. The lowest BCUT2D eigenvalue weighted by atomic mass is 10.1. The molecule has 13 nitrogen and oxygen atoms in total. The van der Waals surface area contributed by atoms with Crippen molar-refractivity contribution in [2.45, 2.75) is 13.3 Å². The number of carbonyl (C=O) groups is 1. The zero-order valence-electron chi connectivity index (χ0n) is 31.8. The maximum Gasteiger partial charge on any atom is 0.227 e. The molecule has 57 heavy (non-hydrogen) atoms. The van der Waals surface area contributed by atoms with Crippen LogP contribution in [-0.2, 0) is 20.7 Å². The van der Waals surface area contributed by atoms with Crippen LogP contribution in [0, 0.1) is 0 Å². The fraction of sp³-hybridized carbons (Fsp3) is 0.227. The molecule has 6 aromatic rings. The zero-order valence-corrected chi connectivity index (χ0v) is 31.8. The van der Waals surface area contributed by atoms with Crippen LogP contribution in [0.4, 0.5) is 34.6 Å². The summed E-state index contributed by atoms with van der Waals surface area (Å²) in [5.74, 6) is 1.09. The molecule has 290 valence electrons. The summed E-state index contributed by atoms with van der Waals surface area (Å²) in [4.78, 5) is 33.1. The summed E-state index contributed by atoms with van der Waals surface area (Å²) in [5.41, 5.74) is 10.3. The van der Waals surface area contributed by atoms with E-state index < -0.39 is 0 Å². The van der Waals surface area contributed by atoms with E-state index >= 15 is 0 Å². The molecule has 0 aliphatic carbocycles. The van der Waals surface area contributed by atoms with Crippen LogP contribution in [-0.4, -0.2) is 89.7 Å². The van der Waals surface area contributed by atoms with Crippen molar-refractivity contribution in [2.24, 2.45) is 5.16 Å². The molecular weight excluding hydrogens is 719 g/mol. The van der Waals surface area contributed by atoms with Gasteiger partial charge < -0.3 is 39.9 Å². The molecule has 0 bridgehead atoms. The van der Waals surface area contributed by atoms with E-state index in [9.17, 15) is 4.79 Å². The van der Waals surface area contributed by atoms with Crippen molar-refractivity contribution in [3.8, 4) is 22.5 Å². The van der Waals surface area contributed by atoms with Crippen molar-refractivity contribution in [3.63, 3.8) is 0 Å². The molecule has 0 amide bonds. The first kappa shape index (κ1) is 38.6. The molecule has 4 heterocycles. The van der Waals surface area contributed by atoms with Gasteiger partial charge in [-0.25, -0.2) is 19.9 Å². The van der Waals surface area contributed by atoms with Crippen molar-refractivity contribution in [2.75, 3.05) is 73.0 Å². The van der Waals surface area contributed by atoms with Crippen LogP contribution in [0.15, 0.2) is 127 Å². The van der Waals surface area contributed by atoms with E-state index in [1.807, 2.05) is 84.9 Å². The van der Waals surface area contributed by atoms with Crippen molar-refractivity contribution in [1.29, 1.82) is 0 Å². The van der Waals surface area contributed by atoms with Gasteiger partial charge in [0.05, 0.1) is 43.5 Å². The molecule has 0 unspecified atom stereocenters. The number of aldehydes is 1. The molecule has 4 aromatic carbocycles. The number of oxime groups is 1. The number of anilines is 6. The van der Waals surface area contributed by atoms with E-state index in [0.29, 0.717) is 24.0 Å². The third kappa shape index (κ3) is 10.5. The molecular formula is C44H45N9O4. The van der Waals surface area contributed by atoms with E-state index in [1.54, 1.807) is 19.3 Å². The number of rotatable bonds is 11. The standard InChI is InChI=1S/C22H23N5O2.C22H22N4O2/c1-16(26-28)17-2-4-18(5-3-17)21-10-11-23-22(25-21)24-19-6-8-20(9-7-19)27-12-14-29-15-13-27;27-14-10-17-1-3-18(4-2-17)21-9-11-23-22(25-21)24-19-5-7-20(8-6-19)26-12-15-28-16-13-26/h2-11,28H,12-15H2,1H3,(H,23,24,25);1-9,11,14H,10,12-13,15-16H2,(H,23,24,25). The van der Waals surface area contributed by atoms with Crippen molar-refractivity contribution < 1.29 is 19.5 Å². The number of aromatic nitrogens is 4. The fourth-order valence-electron chi connectivity index (χ4n) is 6.42. The maximum absolute atomic E-state index is 10.6. The van der Waals surface area contributed by atoms with Crippen LogP contribution >= 0.6 is 0 Å². The lowest BCUT2D eigenvalue weighted by molar-refractivity contribution is -0.107. The largest absolute Gasteiger partial charge is 0.411 e. The monoisotopic (exact) mass is 763 g/mol. The third-order valence-electron chi connectivity index (χ3n) is 9.63. The van der Waals surface area contributed by atoms with Gasteiger partial charge in [0.2, 0.25) is 11.9 Å². The molecule has 2 fully saturated rings. The number of carbonyl (C=O) groups excluding carboxylic acids is 1. The van der Waals surface area contributed by atoms with Gasteiger partial charge in [0.1, 0.15) is 6.29 Å². The Balaban J connectivity index is 0.000000174. The Morgan fingerprint density at radius 2 is 1.09 bits per heavy atom. The predicted molar refractivity (Wildman–Crippen MR) is 224 cm³/mol. The van der Waals surface area contributed by atoms with Gasteiger partial charge in [-0.3, -0.25) is 0 Å². The summed E-state index contributed by atoms with van der Waals surface area (Å²) < 4.78 is 10.8. The van der Waals surface area contributed by atoms with E-state index in [-0.39, 0.29) is 0 Å². The van der Waals surface area contributed by atoms with Gasteiger partial charge in [-0.2, -0.15) is 0 Å². The molecule has 0 radical (unpaired) electrons. The molecule has 2 aliphatic rings. The highest BCUT2D eigenvalue weighted by Crippen LogP contribution is 2.25. The molecule has 13 heteroatoms. The van der Waals surface area contributed by atoms with Gasteiger partial charge >= 0.3 is 0 Å². The van der Waals surface area contributed by atoms with Crippen LogP contribution < -0.4 is 20.4 Å². The number of ether oxygens (including phenoxy) is 2. The number of nitrogens with one attached hydrogen (secondary N) is 2. The summed E-state index contributed by atoms with van der Waals surface area (Å²) in [7, 11) is 0. The number of morpholine rings is 2. The summed E-state index contributed by atoms with van der Waals surface area (Å²) in [6, 6.07) is 35.8. The first-order valence-electron chi connectivity index (χ1n) is 18.9. The van der Waals surface area contributed by atoms with Crippen molar-refractivity contribution in [1.82, 2.24) is 19.9 Å². The van der Waals surface area contributed by atoms with Crippen LogP contribution in [0.3, 0.4) is 0 Å². The van der Waals surface area contributed by atoms with E-state index in [0.717, 1.165) is 104 Å². The second kappa shape index (κ2) is 19.2. The van der Waals surface area contributed by atoms with Gasteiger partial charge in [0, 0.05) is 78.9 Å². The first-order valence-corrected chi connectivity index (χ1v) is 18.9. The number of hydrogen-bond donors (Lipinski definition) is 3. The number of nitrogens with zero attached hydrogens (tertiary/aromatic N) is 7. The second-order valence-corrected chi connectivity index (χ2v) is 13.4. The van der Waals surface area contributed by atoms with Crippen LogP contribution in [0.1, 0.15) is 18.1 Å². The fourth-order valence-corrected chi connectivity index (χ4v) is 6.42. The highest BCUT2D eigenvalue weighted by Gasteiger charge is 2.13. The predicted octanol–water partition coefficient (Wildman–Crippen LogP) is 7.39. The van der Waals surface area contributed by atoms with E-state index in [2.05, 4.69) is 69.8 Å². The molecule has 0 spiro atoms. The average Bonchev–Trinajstić information content (AvgIpc) is 3.28. The summed E-state index contributed by atoms with van der Waals surface area (Å²) >= 11 is 0. The number of hydrogen-bond acceptors (Lipinski definition) is 13. The summed E-state index contributed by atoms with van der Waals surface area (Å²) in [6.07, 6.45) is 4.82. The highest BCUT2D eigenvalue weighted by molar-refractivity contribution is 5.98. The lowest BCUT2D eigenvalue weighted by Crippen LogP contribution is -2.36. The Bertz CT molecular complexity index is 2220. The SMILES string of the molecule is CC(=NO)c1ccc(-c2ccnc(Nc3ccc(N4CCOCC4)cc3)n2)cc1.O=CCc1ccc(-c2ccnc(Nc3ccc(N4CCOCC4)cc3)n2)cc1. The van der Waals surface area contributed by atoms with E-state index in [4.69, 9.17) is 14.7 Å². The minimum absolute atomic E-state index is 0.428. The lowest BCUT2D eigenvalue weighted by Gasteiger charge is -2.28. The third-order valence-corrected chi connectivity index (χ3v) is 9.63. The Hall–Kier alpha value is -6.70. The molecule has 2 aromatic heterocycles. The normalized spacial score (nSPS) is 14.3. The molecule has 0 atom stereocenters. The van der Waals surface area contributed by atoms with Crippen molar-refractivity contribution in [3.05, 3.63) is 133 Å². The minimum atomic E-state index is 0.428. The number of benzene rings is 4. The minimum Gasteiger partial charge on any atom is -0.411 e. The topological polar surface area (TPSA) is 150 Å². The molecule has 0 saturated carbocycles. The van der Waals surface area contributed by atoms with Gasteiger partial charge in [0.15, 0.2) is 0 Å². The Morgan fingerprint density at radius 1 is 0.649 bits per heavy atom. The van der Waals surface area contributed by atoms with Gasteiger partial charge in [-0.1, -0.05) is 53.7 Å². The molecule has 8 rings (SSSR count). The van der Waals surface area contributed by atoms with Crippen LogP contribution in [0.2, 0.25) is 0 Å². The van der Waals surface area contributed by atoms with E-state index in [1.165, 1.54) is 11.4 Å². The Kier molecular flexibility index (Phi) is 13.0. The van der Waals surface area contributed by atoms with Crippen LogP contribution in [0.5, 0.6) is 0 Å². The molecule has 2 aliphatic heterocycles. The maximum atomic E-state index is 10.6. The van der Waals surface area contributed by atoms with Crippen LogP contribution in [0.25, 0.3) is 22.5 Å². The Labute approximate surface area is 332 Å². The van der Waals surface area contributed by atoms with Gasteiger partial charge in [-0.15, -0.1) is 0 Å². The Morgan fingerprint density at radius 3 is 1.51 bits per heavy atom. The smallest absolute Gasteiger partial charge is 0.227 e.